The molecule has 2 fully saturated rings. The lowest BCUT2D eigenvalue weighted by atomic mass is 9.58. The summed E-state index contributed by atoms with van der Waals surface area (Å²) in [7, 11) is 0. The van der Waals surface area contributed by atoms with E-state index in [1.54, 1.807) is 0 Å². The average Bonchev–Trinajstić information content (AvgIpc) is 2.84. The summed E-state index contributed by atoms with van der Waals surface area (Å²) < 4.78 is 76.4. The van der Waals surface area contributed by atoms with Gasteiger partial charge in [-0.15, -0.1) is 0 Å². The first-order valence-electron chi connectivity index (χ1n) is 7.64. The van der Waals surface area contributed by atoms with Crippen LogP contribution >= 0.6 is 0 Å². The molecule has 2 aliphatic carbocycles. The molecule has 1 atom stereocenters. The molecule has 1 N–H and O–H groups in total. The Balaban J connectivity index is 2.04. The molecule has 0 aromatic heterocycles. The third-order valence-electron chi connectivity index (χ3n) is 5.30. The second kappa shape index (κ2) is 6.15. The maximum absolute atomic E-state index is 13.0. The molecule has 0 aromatic carbocycles. The van der Waals surface area contributed by atoms with Crippen molar-refractivity contribution < 1.29 is 31.4 Å². The van der Waals surface area contributed by atoms with Crippen LogP contribution < -0.4 is 0 Å². The van der Waals surface area contributed by atoms with Crippen molar-refractivity contribution in [3.05, 3.63) is 24.1 Å². The first-order valence-corrected chi connectivity index (χ1v) is 7.64. The van der Waals surface area contributed by atoms with Gasteiger partial charge in [0.15, 0.2) is 11.4 Å². The molecule has 0 amide bonds. The van der Waals surface area contributed by atoms with Crippen molar-refractivity contribution in [3.8, 4) is 0 Å². The van der Waals surface area contributed by atoms with Gasteiger partial charge in [-0.3, -0.25) is 0 Å². The normalized spacial score (nSPS) is 23.4. The van der Waals surface area contributed by atoms with Gasteiger partial charge >= 0.3 is 12.3 Å². The van der Waals surface area contributed by atoms with Crippen molar-refractivity contribution in [3.63, 3.8) is 0 Å². The van der Waals surface area contributed by atoms with E-state index >= 15 is 0 Å². The first-order chi connectivity index (χ1) is 10.5. The highest BCUT2D eigenvalue weighted by Crippen LogP contribution is 2.59. The molecule has 0 radical (unpaired) electrons. The summed E-state index contributed by atoms with van der Waals surface area (Å²) in [5.74, 6) is -2.40. The highest BCUT2D eigenvalue weighted by Gasteiger charge is 2.56. The molecule has 0 bridgehead atoms. The number of aliphatic hydroxyl groups is 1. The zero-order valence-electron chi connectivity index (χ0n) is 12.7. The third-order valence-corrected chi connectivity index (χ3v) is 5.30. The van der Waals surface area contributed by atoms with Crippen molar-refractivity contribution in [2.24, 2.45) is 11.3 Å². The Morgan fingerprint density at radius 3 is 2.00 bits per heavy atom. The lowest BCUT2D eigenvalue weighted by Crippen LogP contribution is -2.47. The Kier molecular flexibility index (Phi) is 4.91. The van der Waals surface area contributed by atoms with E-state index < -0.39 is 36.5 Å². The van der Waals surface area contributed by atoms with E-state index in [-0.39, 0.29) is 16.9 Å². The van der Waals surface area contributed by atoms with E-state index in [9.17, 15) is 31.4 Å². The van der Waals surface area contributed by atoms with Crippen LogP contribution in [-0.2, 0) is 0 Å². The summed E-state index contributed by atoms with van der Waals surface area (Å²) in [6.45, 7) is 3.60. The van der Waals surface area contributed by atoms with Gasteiger partial charge in [0.05, 0.1) is 0 Å². The predicted molar refractivity (Wildman–Crippen MR) is 73.4 cm³/mol. The fraction of sp³-hybridized carbons (Fsp3) is 0.750. The molecule has 0 aromatic rings. The van der Waals surface area contributed by atoms with Crippen LogP contribution in [0.25, 0.3) is 0 Å². The van der Waals surface area contributed by atoms with Crippen LogP contribution in [-0.4, -0.2) is 16.9 Å². The van der Waals surface area contributed by atoms with Crippen molar-refractivity contribution in [2.75, 3.05) is 0 Å². The largest absolute Gasteiger partial charge is 0.417 e. The maximum atomic E-state index is 13.0. The van der Waals surface area contributed by atoms with E-state index in [0.29, 0.717) is 0 Å². The van der Waals surface area contributed by atoms with Gasteiger partial charge in [-0.05, 0) is 37.0 Å². The molecule has 23 heavy (non-hydrogen) atoms. The van der Waals surface area contributed by atoms with Gasteiger partial charge < -0.3 is 5.11 Å². The molecule has 1 spiro atoms. The molecule has 1 nitrogen and oxygen atoms in total. The minimum atomic E-state index is -5.21. The van der Waals surface area contributed by atoms with E-state index in [1.807, 2.05) is 0 Å². The van der Waals surface area contributed by atoms with Crippen LogP contribution in [0.1, 0.15) is 51.4 Å². The second-order valence-electron chi connectivity index (χ2n) is 7.02. The zero-order valence-corrected chi connectivity index (χ0v) is 12.7. The van der Waals surface area contributed by atoms with Crippen LogP contribution in [0.2, 0.25) is 0 Å². The van der Waals surface area contributed by atoms with Crippen molar-refractivity contribution in [1.29, 1.82) is 0 Å². The van der Waals surface area contributed by atoms with Crippen molar-refractivity contribution >= 4 is 0 Å². The second-order valence-corrected chi connectivity index (χ2v) is 7.02. The minimum absolute atomic E-state index is 0.161. The van der Waals surface area contributed by atoms with Crippen LogP contribution in [0.5, 0.6) is 0 Å². The summed E-state index contributed by atoms with van der Waals surface area (Å²) in [5, 5.41) is 9.77. The van der Waals surface area contributed by atoms with Crippen molar-refractivity contribution in [1.82, 2.24) is 0 Å². The first kappa shape index (κ1) is 18.4. The van der Waals surface area contributed by atoms with E-state index in [2.05, 4.69) is 6.58 Å². The number of hydrogen-bond acceptors (Lipinski definition) is 1. The molecule has 0 heterocycles. The SMILES string of the molecule is C=C(CC(O)(CC(F)=C(F)F)C(F)(F)F)C1CC2(CCCC2)C1. The molecule has 2 aliphatic rings. The topological polar surface area (TPSA) is 20.2 Å². The summed E-state index contributed by atoms with van der Waals surface area (Å²) in [6, 6.07) is 0. The fourth-order valence-corrected chi connectivity index (χ4v) is 3.91. The van der Waals surface area contributed by atoms with E-state index in [0.717, 1.165) is 38.5 Å². The number of hydrogen-bond donors (Lipinski definition) is 1. The van der Waals surface area contributed by atoms with Crippen LogP contribution in [0.4, 0.5) is 26.3 Å². The molecular weight excluding hydrogens is 322 g/mol. The highest BCUT2D eigenvalue weighted by molar-refractivity contribution is 5.17. The fourth-order valence-electron chi connectivity index (χ4n) is 3.91. The number of halogens is 6. The third kappa shape index (κ3) is 3.75. The summed E-state index contributed by atoms with van der Waals surface area (Å²) in [4.78, 5) is 0. The summed E-state index contributed by atoms with van der Waals surface area (Å²) in [5.41, 5.74) is -3.20. The van der Waals surface area contributed by atoms with Crippen LogP contribution in [0.3, 0.4) is 0 Å². The van der Waals surface area contributed by atoms with E-state index in [1.165, 1.54) is 0 Å². The van der Waals surface area contributed by atoms with Gasteiger partial charge in [-0.1, -0.05) is 25.0 Å². The Bertz CT molecular complexity index is 491. The van der Waals surface area contributed by atoms with Crippen LogP contribution in [0, 0.1) is 11.3 Å². The predicted octanol–water partition coefficient (Wildman–Crippen LogP) is 5.66. The van der Waals surface area contributed by atoms with Gasteiger partial charge in [0.2, 0.25) is 0 Å². The smallest absolute Gasteiger partial charge is 0.380 e. The van der Waals surface area contributed by atoms with Crippen LogP contribution in [0.15, 0.2) is 24.1 Å². The highest BCUT2D eigenvalue weighted by atomic mass is 19.4. The van der Waals surface area contributed by atoms with Gasteiger partial charge in [0, 0.05) is 12.8 Å². The average molecular weight is 342 g/mol. The van der Waals surface area contributed by atoms with Gasteiger partial charge in [-0.2, -0.15) is 22.0 Å². The van der Waals surface area contributed by atoms with Crippen molar-refractivity contribution in [2.45, 2.75) is 63.1 Å². The quantitative estimate of drug-likeness (QED) is 0.504. The molecule has 7 heteroatoms. The zero-order chi connectivity index (χ0) is 17.5. The summed E-state index contributed by atoms with van der Waals surface area (Å²) in [6.07, 6.45) is -5.03. The Morgan fingerprint density at radius 1 is 1.04 bits per heavy atom. The lowest BCUT2D eigenvalue weighted by molar-refractivity contribution is -0.261. The maximum Gasteiger partial charge on any atom is 0.417 e. The number of rotatable bonds is 5. The van der Waals surface area contributed by atoms with Gasteiger partial charge in [-0.25, -0.2) is 4.39 Å². The number of alkyl halides is 3. The lowest BCUT2D eigenvalue weighted by Gasteiger charge is -2.47. The molecule has 1 unspecified atom stereocenters. The molecular formula is C16H20F6O. The molecule has 132 valence electrons. The Labute approximate surface area is 131 Å². The Morgan fingerprint density at radius 2 is 1.57 bits per heavy atom. The molecule has 2 saturated carbocycles. The molecule has 2 rings (SSSR count). The molecule has 0 saturated heterocycles. The summed E-state index contributed by atoms with van der Waals surface area (Å²) >= 11 is 0. The minimum Gasteiger partial charge on any atom is -0.380 e. The van der Waals surface area contributed by atoms with Gasteiger partial charge in [0.1, 0.15) is 0 Å². The Hall–Kier alpha value is -0.980. The monoisotopic (exact) mass is 342 g/mol. The standard InChI is InChI=1S/C16H20F6O/c1-10(11-7-14(8-11)4-2-3-5-14)6-15(23,16(20,21)22)9-12(17)13(18)19/h11,23H,1-9H2. The molecule has 0 aliphatic heterocycles. The van der Waals surface area contributed by atoms with E-state index in [4.69, 9.17) is 0 Å². The van der Waals surface area contributed by atoms with Gasteiger partial charge in [0.25, 0.3) is 0 Å².